The highest BCUT2D eigenvalue weighted by molar-refractivity contribution is 5.87. The van der Waals surface area contributed by atoms with Gasteiger partial charge in [-0.15, -0.1) is 0 Å². The maximum atomic E-state index is 12.6. The van der Waals surface area contributed by atoms with Crippen LogP contribution in [0.3, 0.4) is 0 Å². The van der Waals surface area contributed by atoms with Gasteiger partial charge in [0.25, 0.3) is 0 Å². The van der Waals surface area contributed by atoms with Crippen molar-refractivity contribution in [2.75, 3.05) is 39.3 Å². The molecule has 2 aliphatic rings. The van der Waals surface area contributed by atoms with Crippen LogP contribution in [-0.2, 0) is 11.2 Å². The summed E-state index contributed by atoms with van der Waals surface area (Å²) in [4.78, 5) is 17.1. The monoisotopic (exact) mass is 287 g/mol. The Morgan fingerprint density at radius 1 is 1.29 bits per heavy atom. The van der Waals surface area contributed by atoms with Gasteiger partial charge in [-0.25, -0.2) is 0 Å². The van der Waals surface area contributed by atoms with Gasteiger partial charge in [0, 0.05) is 32.7 Å². The highest BCUT2D eigenvalue weighted by Gasteiger charge is 2.35. The van der Waals surface area contributed by atoms with E-state index in [1.807, 2.05) is 11.0 Å². The number of nitrogens with zero attached hydrogens (tertiary/aromatic N) is 2. The molecule has 1 aliphatic carbocycles. The summed E-state index contributed by atoms with van der Waals surface area (Å²) in [6.45, 7) is 7.63. The Hall–Kier alpha value is -1.39. The van der Waals surface area contributed by atoms with Crippen molar-refractivity contribution >= 4 is 5.91 Å². The molecule has 3 rings (SSSR count). The van der Waals surface area contributed by atoms with E-state index < -0.39 is 0 Å². The second-order valence-electron chi connectivity index (χ2n) is 6.42. The third-order valence-electron chi connectivity index (χ3n) is 4.81. The van der Waals surface area contributed by atoms with Crippen molar-refractivity contribution < 1.29 is 4.79 Å². The Bertz CT molecular complexity index is 509. The predicted molar refractivity (Wildman–Crippen MR) is 84.1 cm³/mol. The number of amides is 1. The summed E-state index contributed by atoms with van der Waals surface area (Å²) >= 11 is 0. The van der Waals surface area contributed by atoms with Gasteiger partial charge in [0.2, 0.25) is 5.91 Å². The molecular weight excluding hydrogens is 262 g/mol. The molecule has 1 aromatic rings. The molecule has 2 unspecified atom stereocenters. The van der Waals surface area contributed by atoms with Gasteiger partial charge >= 0.3 is 0 Å². The quantitative estimate of drug-likeness (QED) is 0.901. The SMILES string of the molecule is CC(CN)CN1CCN(C(=O)C2Cc3ccccc32)CC1. The Morgan fingerprint density at radius 3 is 2.67 bits per heavy atom. The van der Waals surface area contributed by atoms with Gasteiger partial charge in [0.1, 0.15) is 0 Å². The molecule has 1 heterocycles. The zero-order valence-electron chi connectivity index (χ0n) is 12.8. The summed E-state index contributed by atoms with van der Waals surface area (Å²) in [7, 11) is 0. The standard InChI is InChI=1S/C17H25N3O/c1-13(11-18)12-19-6-8-20(9-7-19)17(21)16-10-14-4-2-3-5-15(14)16/h2-5,13,16H,6-12,18H2,1H3. The lowest BCUT2D eigenvalue weighted by molar-refractivity contribution is -0.135. The lowest BCUT2D eigenvalue weighted by Gasteiger charge is -2.39. The smallest absolute Gasteiger partial charge is 0.230 e. The van der Waals surface area contributed by atoms with Crippen LogP contribution in [0.25, 0.3) is 0 Å². The Balaban J connectivity index is 1.53. The molecule has 2 atom stereocenters. The summed E-state index contributed by atoms with van der Waals surface area (Å²) in [6.07, 6.45) is 0.916. The molecule has 0 aromatic heterocycles. The average molecular weight is 287 g/mol. The summed E-state index contributed by atoms with van der Waals surface area (Å²) in [5.74, 6) is 0.960. The van der Waals surface area contributed by atoms with Gasteiger partial charge in [-0.1, -0.05) is 31.2 Å². The van der Waals surface area contributed by atoms with E-state index in [1.165, 1.54) is 11.1 Å². The van der Waals surface area contributed by atoms with E-state index >= 15 is 0 Å². The number of piperazine rings is 1. The van der Waals surface area contributed by atoms with Gasteiger partial charge in [-0.2, -0.15) is 0 Å². The van der Waals surface area contributed by atoms with E-state index in [0.29, 0.717) is 11.8 Å². The fourth-order valence-electron chi connectivity index (χ4n) is 3.37. The number of hydrogen-bond acceptors (Lipinski definition) is 3. The lowest BCUT2D eigenvalue weighted by Crippen LogP contribution is -2.52. The summed E-state index contributed by atoms with van der Waals surface area (Å²) in [5, 5.41) is 0. The van der Waals surface area contributed by atoms with Crippen molar-refractivity contribution in [3.63, 3.8) is 0 Å². The fraction of sp³-hybridized carbons (Fsp3) is 0.588. The molecule has 2 N–H and O–H groups in total. The van der Waals surface area contributed by atoms with Gasteiger partial charge in [-0.05, 0) is 30.0 Å². The van der Waals surface area contributed by atoms with Crippen molar-refractivity contribution in [2.24, 2.45) is 11.7 Å². The Kier molecular flexibility index (Phi) is 4.27. The first-order valence-corrected chi connectivity index (χ1v) is 7.98. The maximum Gasteiger partial charge on any atom is 0.230 e. The molecule has 1 aliphatic heterocycles. The largest absolute Gasteiger partial charge is 0.340 e. The first kappa shape index (κ1) is 14.5. The maximum absolute atomic E-state index is 12.6. The molecule has 1 fully saturated rings. The normalized spacial score (nSPS) is 23.3. The molecular formula is C17H25N3O. The number of rotatable bonds is 4. The van der Waals surface area contributed by atoms with Crippen molar-refractivity contribution in [1.82, 2.24) is 9.80 Å². The number of benzene rings is 1. The zero-order chi connectivity index (χ0) is 14.8. The van der Waals surface area contributed by atoms with Crippen molar-refractivity contribution in [1.29, 1.82) is 0 Å². The minimum Gasteiger partial charge on any atom is -0.340 e. The molecule has 114 valence electrons. The van der Waals surface area contributed by atoms with Gasteiger partial charge in [-0.3, -0.25) is 9.69 Å². The first-order valence-electron chi connectivity index (χ1n) is 7.98. The van der Waals surface area contributed by atoms with E-state index in [4.69, 9.17) is 5.73 Å². The number of nitrogens with two attached hydrogens (primary N) is 1. The topological polar surface area (TPSA) is 49.6 Å². The van der Waals surface area contributed by atoms with Crippen molar-refractivity contribution in [2.45, 2.75) is 19.3 Å². The summed E-state index contributed by atoms with van der Waals surface area (Å²) in [6, 6.07) is 8.31. The molecule has 0 saturated carbocycles. The third-order valence-corrected chi connectivity index (χ3v) is 4.81. The van der Waals surface area contributed by atoms with E-state index in [-0.39, 0.29) is 5.92 Å². The number of hydrogen-bond donors (Lipinski definition) is 1. The van der Waals surface area contributed by atoms with Crippen LogP contribution in [0.2, 0.25) is 0 Å². The number of carbonyl (C=O) groups is 1. The van der Waals surface area contributed by atoms with Gasteiger partial charge in [0.05, 0.1) is 5.92 Å². The molecule has 21 heavy (non-hydrogen) atoms. The predicted octanol–water partition coefficient (Wildman–Crippen LogP) is 1.07. The van der Waals surface area contributed by atoms with Crippen LogP contribution < -0.4 is 5.73 Å². The summed E-state index contributed by atoms with van der Waals surface area (Å²) < 4.78 is 0. The van der Waals surface area contributed by atoms with Gasteiger partial charge in [0.15, 0.2) is 0 Å². The first-order chi connectivity index (χ1) is 10.2. The minimum absolute atomic E-state index is 0.107. The summed E-state index contributed by atoms with van der Waals surface area (Å²) in [5.41, 5.74) is 8.26. The molecule has 1 aromatic carbocycles. The van der Waals surface area contributed by atoms with E-state index in [9.17, 15) is 4.79 Å². The van der Waals surface area contributed by atoms with Crippen molar-refractivity contribution in [3.8, 4) is 0 Å². The molecule has 1 saturated heterocycles. The highest BCUT2D eigenvalue weighted by Crippen LogP contribution is 2.36. The van der Waals surface area contributed by atoms with Crippen LogP contribution in [0.4, 0.5) is 0 Å². The van der Waals surface area contributed by atoms with Crippen LogP contribution >= 0.6 is 0 Å². The zero-order valence-corrected chi connectivity index (χ0v) is 12.8. The van der Waals surface area contributed by atoms with Crippen LogP contribution in [0, 0.1) is 5.92 Å². The molecule has 0 radical (unpaired) electrons. The Labute approximate surface area is 126 Å². The van der Waals surface area contributed by atoms with Gasteiger partial charge < -0.3 is 10.6 Å². The van der Waals surface area contributed by atoms with E-state index in [2.05, 4.69) is 30.0 Å². The number of fused-ring (bicyclic) bond motifs is 1. The molecule has 1 amide bonds. The van der Waals surface area contributed by atoms with Crippen LogP contribution in [0.15, 0.2) is 24.3 Å². The van der Waals surface area contributed by atoms with Crippen LogP contribution in [-0.4, -0.2) is 55.0 Å². The second-order valence-corrected chi connectivity index (χ2v) is 6.42. The fourth-order valence-corrected chi connectivity index (χ4v) is 3.37. The molecule has 4 heteroatoms. The molecule has 0 spiro atoms. The van der Waals surface area contributed by atoms with E-state index in [0.717, 1.165) is 45.7 Å². The van der Waals surface area contributed by atoms with E-state index in [1.54, 1.807) is 0 Å². The average Bonchev–Trinajstić information content (AvgIpc) is 2.49. The second kappa shape index (κ2) is 6.16. The van der Waals surface area contributed by atoms with Crippen LogP contribution in [0.5, 0.6) is 0 Å². The Morgan fingerprint density at radius 2 is 2.00 bits per heavy atom. The number of carbonyl (C=O) groups excluding carboxylic acids is 1. The van der Waals surface area contributed by atoms with Crippen molar-refractivity contribution in [3.05, 3.63) is 35.4 Å². The lowest BCUT2D eigenvalue weighted by atomic mass is 9.77. The minimum atomic E-state index is 0.107. The molecule has 4 nitrogen and oxygen atoms in total. The molecule has 0 bridgehead atoms. The van der Waals surface area contributed by atoms with Crippen LogP contribution in [0.1, 0.15) is 24.0 Å². The third kappa shape index (κ3) is 2.97. The highest BCUT2D eigenvalue weighted by atomic mass is 16.2.